The number of hydrogen-bond donors (Lipinski definition) is 0. The maximum Gasteiger partial charge on any atom is 0.264 e. The molecule has 1 heterocycles. The van der Waals surface area contributed by atoms with Gasteiger partial charge in [0.2, 0.25) is 0 Å². The Labute approximate surface area is 180 Å². The zero-order valence-corrected chi connectivity index (χ0v) is 17.8. The molecule has 1 aliphatic heterocycles. The molecule has 0 spiro atoms. The van der Waals surface area contributed by atoms with Gasteiger partial charge in [-0.15, -0.1) is 0 Å². The van der Waals surface area contributed by atoms with Crippen molar-refractivity contribution in [2.45, 2.75) is 43.5 Å². The summed E-state index contributed by atoms with van der Waals surface area (Å²) < 4.78 is 69.8. The summed E-state index contributed by atoms with van der Waals surface area (Å²) >= 11 is 0. The largest absolute Gasteiger partial charge is 0.264 e. The van der Waals surface area contributed by atoms with Crippen LogP contribution in [0.1, 0.15) is 29.5 Å². The number of hydrogen-bond acceptors (Lipinski definition) is 2. The minimum absolute atomic E-state index is 0.119. The zero-order chi connectivity index (χ0) is 22.2. The summed E-state index contributed by atoms with van der Waals surface area (Å²) in [7, 11) is -3.97. The third kappa shape index (κ3) is 4.32. The van der Waals surface area contributed by atoms with Crippen molar-refractivity contribution >= 4 is 15.7 Å². The average molecular weight is 446 g/mol. The Hall–Kier alpha value is -2.80. The molecule has 7 heteroatoms. The number of halogens is 3. The number of anilines is 1. The molecule has 0 radical (unpaired) electrons. The minimum atomic E-state index is -3.97. The minimum Gasteiger partial charge on any atom is -0.263 e. The van der Waals surface area contributed by atoms with Crippen LogP contribution in [0.2, 0.25) is 0 Å². The molecule has 1 aliphatic rings. The van der Waals surface area contributed by atoms with Crippen molar-refractivity contribution in [3.8, 4) is 0 Å². The highest BCUT2D eigenvalue weighted by Gasteiger charge is 2.36. The SMILES string of the molecule is Cc1ccc(S(=O)(=O)N2c3cc(F)ccc3CCC2CCc2ccc(F)cc2F)cc1. The van der Waals surface area contributed by atoms with Crippen molar-refractivity contribution in [2.24, 2.45) is 0 Å². The monoisotopic (exact) mass is 445 g/mol. The quantitative estimate of drug-likeness (QED) is 0.516. The summed E-state index contributed by atoms with van der Waals surface area (Å²) in [5, 5.41) is 0. The maximum atomic E-state index is 14.1. The van der Waals surface area contributed by atoms with Crippen LogP contribution in [0.5, 0.6) is 0 Å². The van der Waals surface area contributed by atoms with Gasteiger partial charge < -0.3 is 0 Å². The van der Waals surface area contributed by atoms with Gasteiger partial charge in [0, 0.05) is 12.1 Å². The van der Waals surface area contributed by atoms with Crippen LogP contribution in [0.3, 0.4) is 0 Å². The van der Waals surface area contributed by atoms with Crippen molar-refractivity contribution < 1.29 is 21.6 Å². The topological polar surface area (TPSA) is 37.4 Å². The fraction of sp³-hybridized carbons (Fsp3) is 0.250. The number of nitrogens with zero attached hydrogens (tertiary/aromatic N) is 1. The van der Waals surface area contributed by atoms with E-state index in [-0.39, 0.29) is 11.3 Å². The highest BCUT2D eigenvalue weighted by atomic mass is 32.2. The predicted octanol–water partition coefficient (Wildman–Crippen LogP) is 5.56. The van der Waals surface area contributed by atoms with Gasteiger partial charge in [0.15, 0.2) is 0 Å². The molecule has 1 atom stereocenters. The van der Waals surface area contributed by atoms with E-state index in [9.17, 15) is 21.6 Å². The lowest BCUT2D eigenvalue weighted by Gasteiger charge is -2.38. The number of fused-ring (bicyclic) bond motifs is 1. The number of aryl methyl sites for hydroxylation is 3. The van der Waals surface area contributed by atoms with Crippen LogP contribution < -0.4 is 4.31 Å². The molecule has 3 aromatic carbocycles. The van der Waals surface area contributed by atoms with Gasteiger partial charge in [-0.1, -0.05) is 29.8 Å². The van der Waals surface area contributed by atoms with Crippen LogP contribution in [0.25, 0.3) is 0 Å². The Morgan fingerprint density at radius 1 is 0.935 bits per heavy atom. The second kappa shape index (κ2) is 8.38. The first-order valence-electron chi connectivity index (χ1n) is 10.1. The Morgan fingerprint density at radius 3 is 2.32 bits per heavy atom. The van der Waals surface area contributed by atoms with E-state index in [1.54, 1.807) is 18.2 Å². The first-order chi connectivity index (χ1) is 14.8. The molecule has 162 valence electrons. The van der Waals surface area contributed by atoms with Gasteiger partial charge in [-0.3, -0.25) is 4.31 Å². The third-order valence-corrected chi connectivity index (χ3v) is 7.58. The van der Waals surface area contributed by atoms with E-state index in [4.69, 9.17) is 0 Å². The van der Waals surface area contributed by atoms with Crippen LogP contribution in [0.15, 0.2) is 65.6 Å². The molecule has 0 fully saturated rings. The molecule has 1 unspecified atom stereocenters. The summed E-state index contributed by atoms with van der Waals surface area (Å²) in [5.74, 6) is -1.84. The van der Waals surface area contributed by atoms with Gasteiger partial charge in [-0.25, -0.2) is 21.6 Å². The van der Waals surface area contributed by atoms with Gasteiger partial charge in [-0.05, 0) is 74.1 Å². The van der Waals surface area contributed by atoms with Crippen LogP contribution in [-0.4, -0.2) is 14.5 Å². The lowest BCUT2D eigenvalue weighted by Crippen LogP contribution is -2.44. The van der Waals surface area contributed by atoms with Crippen molar-refractivity contribution in [1.29, 1.82) is 0 Å². The first kappa shape index (κ1) is 21.4. The number of sulfonamides is 1. The molecule has 4 rings (SSSR count). The predicted molar refractivity (Wildman–Crippen MR) is 114 cm³/mol. The molecule has 0 saturated heterocycles. The molecule has 0 aliphatic carbocycles. The molecule has 0 N–H and O–H groups in total. The van der Waals surface area contributed by atoms with Gasteiger partial charge >= 0.3 is 0 Å². The maximum absolute atomic E-state index is 14.1. The Morgan fingerprint density at radius 2 is 1.61 bits per heavy atom. The highest BCUT2D eigenvalue weighted by molar-refractivity contribution is 7.92. The summed E-state index contributed by atoms with van der Waals surface area (Å²) in [6.45, 7) is 1.86. The van der Waals surface area contributed by atoms with Crippen LogP contribution in [-0.2, 0) is 22.9 Å². The summed E-state index contributed by atoms with van der Waals surface area (Å²) in [5.41, 5.74) is 2.31. The van der Waals surface area contributed by atoms with Gasteiger partial charge in [0.05, 0.1) is 10.6 Å². The van der Waals surface area contributed by atoms with Crippen LogP contribution in [0.4, 0.5) is 18.9 Å². The summed E-state index contributed by atoms with van der Waals surface area (Å²) in [4.78, 5) is 0.119. The summed E-state index contributed by atoms with van der Waals surface area (Å²) in [6, 6.07) is 13.6. The van der Waals surface area contributed by atoms with Gasteiger partial charge in [0.25, 0.3) is 10.0 Å². The molecular formula is C24H22F3NO2S. The van der Waals surface area contributed by atoms with Crippen molar-refractivity contribution in [1.82, 2.24) is 0 Å². The third-order valence-electron chi connectivity index (χ3n) is 5.70. The molecule has 0 bridgehead atoms. The Kier molecular flexibility index (Phi) is 5.79. The van der Waals surface area contributed by atoms with E-state index >= 15 is 0 Å². The standard InChI is InChI=1S/C24H22F3NO2S/c1-16-2-12-22(13-3-16)31(29,30)28-21(10-6-17-4-8-19(25)14-23(17)27)11-7-18-5-9-20(26)15-24(18)28/h2-5,8-9,12-15,21H,6-7,10-11H2,1H3. The molecule has 0 amide bonds. The van der Waals surface area contributed by atoms with Crippen LogP contribution >= 0.6 is 0 Å². The molecule has 3 aromatic rings. The second-order valence-corrected chi connectivity index (χ2v) is 9.67. The van der Waals surface area contributed by atoms with E-state index in [2.05, 4.69) is 0 Å². The fourth-order valence-corrected chi connectivity index (χ4v) is 5.79. The van der Waals surface area contributed by atoms with Gasteiger partial charge in [0.1, 0.15) is 17.5 Å². The smallest absolute Gasteiger partial charge is 0.263 e. The van der Waals surface area contributed by atoms with Crippen molar-refractivity contribution in [2.75, 3.05) is 4.31 Å². The lowest BCUT2D eigenvalue weighted by molar-refractivity contribution is 0.513. The summed E-state index contributed by atoms with van der Waals surface area (Å²) in [6.07, 6.45) is 1.67. The molecule has 0 saturated carbocycles. The van der Waals surface area contributed by atoms with E-state index in [1.807, 2.05) is 6.92 Å². The average Bonchev–Trinajstić information content (AvgIpc) is 2.72. The highest BCUT2D eigenvalue weighted by Crippen LogP contribution is 2.37. The molecule has 0 aromatic heterocycles. The molecule has 3 nitrogen and oxygen atoms in total. The van der Waals surface area contributed by atoms with E-state index in [0.717, 1.165) is 17.2 Å². The molecule has 31 heavy (non-hydrogen) atoms. The second-order valence-electron chi connectivity index (χ2n) is 7.85. The lowest BCUT2D eigenvalue weighted by atomic mass is 9.94. The Balaban J connectivity index is 1.72. The van der Waals surface area contributed by atoms with E-state index in [0.29, 0.717) is 30.5 Å². The molecular weight excluding hydrogens is 423 g/mol. The first-order valence-corrected chi connectivity index (χ1v) is 11.5. The van der Waals surface area contributed by atoms with E-state index < -0.39 is 33.5 Å². The Bertz CT molecular complexity index is 1210. The van der Waals surface area contributed by atoms with Crippen molar-refractivity contribution in [3.63, 3.8) is 0 Å². The van der Waals surface area contributed by atoms with E-state index in [1.165, 1.54) is 40.7 Å². The van der Waals surface area contributed by atoms with Crippen molar-refractivity contribution in [3.05, 3.63) is 94.8 Å². The fourth-order valence-electron chi connectivity index (χ4n) is 4.05. The number of rotatable bonds is 5. The number of benzene rings is 3. The zero-order valence-electron chi connectivity index (χ0n) is 17.0. The normalized spacial score (nSPS) is 16.3. The van der Waals surface area contributed by atoms with Gasteiger partial charge in [-0.2, -0.15) is 0 Å². The van der Waals surface area contributed by atoms with Crippen LogP contribution in [0, 0.1) is 24.4 Å².